The summed E-state index contributed by atoms with van der Waals surface area (Å²) >= 11 is 0. The summed E-state index contributed by atoms with van der Waals surface area (Å²) in [6.45, 7) is 0.516. The highest BCUT2D eigenvalue weighted by Crippen LogP contribution is 2.22. The van der Waals surface area contributed by atoms with E-state index in [-0.39, 0.29) is 44.4 Å². The second-order valence-corrected chi connectivity index (χ2v) is 6.17. The van der Waals surface area contributed by atoms with Gasteiger partial charge in [0.25, 0.3) is 5.09 Å². The van der Waals surface area contributed by atoms with E-state index in [0.717, 1.165) is 5.39 Å². The topological polar surface area (TPSA) is 165 Å². The Morgan fingerprint density at radius 1 is 1.23 bits per heavy atom. The van der Waals surface area contributed by atoms with E-state index in [0.29, 0.717) is 24.4 Å². The number of aromatic amines is 1. The van der Waals surface area contributed by atoms with Crippen LogP contribution < -0.4 is 20.9 Å². The van der Waals surface area contributed by atoms with Crippen molar-refractivity contribution in [2.75, 3.05) is 46.1 Å². The molecule has 0 aliphatic rings. The van der Waals surface area contributed by atoms with Crippen LogP contribution in [0, 0.1) is 10.1 Å². The summed E-state index contributed by atoms with van der Waals surface area (Å²) in [4.78, 5) is 39.5. The molecule has 1 amide bonds. The molecule has 1 heterocycles. The molecule has 4 N–H and O–H groups in total. The predicted molar refractivity (Wildman–Crippen MR) is 106 cm³/mol. The van der Waals surface area contributed by atoms with Crippen LogP contribution in [0.25, 0.3) is 10.9 Å². The number of aliphatic hydroxyl groups is 1. The highest BCUT2D eigenvalue weighted by molar-refractivity contribution is 5.84. The maximum absolute atomic E-state index is 11.5. The third kappa shape index (κ3) is 8.43. The van der Waals surface area contributed by atoms with Crippen molar-refractivity contribution in [2.45, 2.75) is 6.10 Å². The van der Waals surface area contributed by atoms with E-state index in [1.165, 1.54) is 6.07 Å². The van der Waals surface area contributed by atoms with Gasteiger partial charge in [0.15, 0.2) is 0 Å². The SMILES string of the molecule is O=C(COCCO[N+](=O)[O-])NCCNCC(O)COc1cccc2[nH]c(=O)ccc12. The number of aliphatic hydroxyl groups excluding tert-OH is 1. The summed E-state index contributed by atoms with van der Waals surface area (Å²) in [6, 6.07) is 8.34. The van der Waals surface area contributed by atoms with Gasteiger partial charge in [-0.3, -0.25) is 9.59 Å². The van der Waals surface area contributed by atoms with Crippen LogP contribution >= 0.6 is 0 Å². The number of hydrogen-bond acceptors (Lipinski definition) is 9. The van der Waals surface area contributed by atoms with E-state index in [4.69, 9.17) is 9.47 Å². The molecule has 0 fully saturated rings. The van der Waals surface area contributed by atoms with Crippen LogP contribution in [-0.4, -0.2) is 73.3 Å². The third-order valence-corrected chi connectivity index (χ3v) is 3.82. The van der Waals surface area contributed by atoms with Gasteiger partial charge in [-0.1, -0.05) is 6.07 Å². The molecule has 0 radical (unpaired) electrons. The highest BCUT2D eigenvalue weighted by atomic mass is 17.0. The van der Waals surface area contributed by atoms with Crippen LogP contribution in [0.15, 0.2) is 35.1 Å². The Bertz CT molecular complexity index is 888. The Morgan fingerprint density at radius 3 is 2.87 bits per heavy atom. The second kappa shape index (κ2) is 12.4. The van der Waals surface area contributed by atoms with Gasteiger partial charge in [0, 0.05) is 31.1 Å². The lowest BCUT2D eigenvalue weighted by Gasteiger charge is -2.14. The molecule has 0 spiro atoms. The quantitative estimate of drug-likeness (QED) is 0.172. The number of benzene rings is 1. The van der Waals surface area contributed by atoms with Gasteiger partial charge in [0.2, 0.25) is 11.5 Å². The van der Waals surface area contributed by atoms with Gasteiger partial charge in [-0.15, -0.1) is 10.1 Å². The minimum atomic E-state index is -0.932. The first kappa shape index (κ1) is 23.1. The Hall–Kier alpha value is -3.22. The molecular formula is C18H24N4O8. The monoisotopic (exact) mass is 424 g/mol. The van der Waals surface area contributed by atoms with Crippen LogP contribution in [0.1, 0.15) is 0 Å². The first-order chi connectivity index (χ1) is 14.5. The molecule has 12 heteroatoms. The number of fused-ring (bicyclic) bond motifs is 1. The van der Waals surface area contributed by atoms with Crippen molar-refractivity contribution < 1.29 is 29.3 Å². The van der Waals surface area contributed by atoms with Gasteiger partial charge in [-0.25, -0.2) is 0 Å². The number of rotatable bonds is 14. The van der Waals surface area contributed by atoms with Crippen LogP contribution in [0.4, 0.5) is 0 Å². The van der Waals surface area contributed by atoms with Gasteiger partial charge in [0.1, 0.15) is 31.7 Å². The second-order valence-electron chi connectivity index (χ2n) is 6.17. The number of nitrogens with zero attached hydrogens (tertiary/aromatic N) is 1. The fraction of sp³-hybridized carbons (Fsp3) is 0.444. The molecule has 2 aromatic rings. The molecule has 1 atom stereocenters. The first-order valence-electron chi connectivity index (χ1n) is 9.21. The number of carbonyl (C=O) groups excluding carboxylic acids is 1. The summed E-state index contributed by atoms with van der Waals surface area (Å²) in [6.07, 6.45) is -0.774. The van der Waals surface area contributed by atoms with Crippen LogP contribution in [-0.2, 0) is 14.4 Å². The molecular weight excluding hydrogens is 400 g/mol. The summed E-state index contributed by atoms with van der Waals surface area (Å²) < 4.78 is 10.6. The van der Waals surface area contributed by atoms with Gasteiger partial charge in [0.05, 0.1) is 12.1 Å². The Labute approximate surface area is 171 Å². The number of pyridine rings is 1. The Morgan fingerprint density at radius 2 is 2.07 bits per heavy atom. The largest absolute Gasteiger partial charge is 0.490 e. The molecule has 0 saturated heterocycles. The molecule has 1 unspecified atom stereocenters. The average molecular weight is 424 g/mol. The molecule has 1 aromatic heterocycles. The Balaban J connectivity index is 1.56. The smallest absolute Gasteiger partial charge is 0.294 e. The summed E-state index contributed by atoms with van der Waals surface area (Å²) in [7, 11) is 0. The lowest BCUT2D eigenvalue weighted by atomic mass is 10.2. The van der Waals surface area contributed by atoms with Crippen molar-refractivity contribution in [3.05, 3.63) is 50.8 Å². The van der Waals surface area contributed by atoms with E-state index in [9.17, 15) is 24.8 Å². The lowest BCUT2D eigenvalue weighted by molar-refractivity contribution is -0.758. The number of H-pyrrole nitrogens is 1. The molecule has 164 valence electrons. The lowest BCUT2D eigenvalue weighted by Crippen LogP contribution is -2.38. The van der Waals surface area contributed by atoms with Crippen LogP contribution in [0.2, 0.25) is 0 Å². The fourth-order valence-corrected chi connectivity index (χ4v) is 2.47. The minimum absolute atomic E-state index is 0.0532. The molecule has 2 rings (SSSR count). The van der Waals surface area contributed by atoms with Gasteiger partial charge in [-0.2, -0.15) is 0 Å². The fourth-order valence-electron chi connectivity index (χ4n) is 2.47. The zero-order chi connectivity index (χ0) is 21.8. The maximum Gasteiger partial charge on any atom is 0.294 e. The van der Waals surface area contributed by atoms with E-state index in [1.807, 2.05) is 0 Å². The number of aromatic nitrogens is 1. The minimum Gasteiger partial charge on any atom is -0.490 e. The maximum atomic E-state index is 11.5. The number of carbonyl (C=O) groups is 1. The van der Waals surface area contributed by atoms with Crippen molar-refractivity contribution in [1.82, 2.24) is 15.6 Å². The number of amides is 1. The number of ether oxygens (including phenoxy) is 2. The van der Waals surface area contributed by atoms with E-state index < -0.39 is 11.2 Å². The molecule has 1 aromatic carbocycles. The highest BCUT2D eigenvalue weighted by Gasteiger charge is 2.08. The van der Waals surface area contributed by atoms with Gasteiger partial charge in [-0.05, 0) is 18.2 Å². The zero-order valence-corrected chi connectivity index (χ0v) is 16.2. The molecule has 0 bridgehead atoms. The molecule has 0 aliphatic carbocycles. The van der Waals surface area contributed by atoms with E-state index in [1.54, 1.807) is 24.3 Å². The van der Waals surface area contributed by atoms with Crippen LogP contribution in [0.5, 0.6) is 5.75 Å². The predicted octanol–water partition coefficient (Wildman–Crippen LogP) is -0.801. The molecule has 0 aliphatic heterocycles. The normalized spacial score (nSPS) is 11.8. The summed E-state index contributed by atoms with van der Waals surface area (Å²) in [5.41, 5.74) is 0.448. The van der Waals surface area contributed by atoms with Crippen molar-refractivity contribution >= 4 is 16.8 Å². The van der Waals surface area contributed by atoms with Crippen molar-refractivity contribution in [3.8, 4) is 5.75 Å². The van der Waals surface area contributed by atoms with Gasteiger partial charge < -0.3 is 35.0 Å². The number of hydrogen-bond donors (Lipinski definition) is 4. The first-order valence-corrected chi connectivity index (χ1v) is 9.21. The summed E-state index contributed by atoms with van der Waals surface area (Å²) in [5.74, 6) is 0.189. The zero-order valence-electron chi connectivity index (χ0n) is 16.2. The Kier molecular flexibility index (Phi) is 9.51. The average Bonchev–Trinajstić information content (AvgIpc) is 2.71. The van der Waals surface area contributed by atoms with E-state index >= 15 is 0 Å². The van der Waals surface area contributed by atoms with Crippen molar-refractivity contribution in [1.29, 1.82) is 0 Å². The molecule has 30 heavy (non-hydrogen) atoms. The van der Waals surface area contributed by atoms with Crippen molar-refractivity contribution in [2.24, 2.45) is 0 Å². The summed E-state index contributed by atoms with van der Waals surface area (Å²) in [5, 5.41) is 25.3. The standard InChI is InChI=1S/C18H24N4O8/c23-13(10-19-6-7-20-18(25)12-28-8-9-30-22(26)27)11-29-16-3-1-2-15-14(16)4-5-17(24)21-15/h1-5,13,19,23H,6-12H2,(H,20,25)(H,21,24). The molecule has 12 nitrogen and oxygen atoms in total. The van der Waals surface area contributed by atoms with Gasteiger partial charge >= 0.3 is 0 Å². The molecule has 0 saturated carbocycles. The third-order valence-electron chi connectivity index (χ3n) is 3.82. The van der Waals surface area contributed by atoms with E-state index in [2.05, 4.69) is 20.5 Å². The van der Waals surface area contributed by atoms with Crippen LogP contribution in [0.3, 0.4) is 0 Å². The van der Waals surface area contributed by atoms with Crippen molar-refractivity contribution in [3.63, 3.8) is 0 Å². The number of nitrogens with one attached hydrogen (secondary N) is 3.